The van der Waals surface area contributed by atoms with Gasteiger partial charge < -0.3 is 15.4 Å². The van der Waals surface area contributed by atoms with E-state index in [1.54, 1.807) is 31.5 Å². The second-order valence-corrected chi connectivity index (χ2v) is 11.3. The molecule has 2 amide bonds. The van der Waals surface area contributed by atoms with Crippen LogP contribution in [-0.4, -0.2) is 43.4 Å². The van der Waals surface area contributed by atoms with Crippen LogP contribution in [0.15, 0.2) is 36.7 Å². The highest BCUT2D eigenvalue weighted by molar-refractivity contribution is 5.93. The lowest BCUT2D eigenvalue weighted by Gasteiger charge is -2.30. The summed E-state index contributed by atoms with van der Waals surface area (Å²) in [6.07, 6.45) is 5.09. The van der Waals surface area contributed by atoms with Crippen LogP contribution in [0.2, 0.25) is 0 Å². The number of ether oxygens (including phenoxy) is 1. The van der Waals surface area contributed by atoms with Crippen LogP contribution in [0.4, 0.5) is 9.18 Å². The summed E-state index contributed by atoms with van der Waals surface area (Å²) in [4.78, 5) is 33.7. The highest BCUT2D eigenvalue weighted by atomic mass is 19.1. The van der Waals surface area contributed by atoms with Crippen molar-refractivity contribution in [1.29, 1.82) is 0 Å². The highest BCUT2D eigenvalue weighted by Crippen LogP contribution is 2.26. The van der Waals surface area contributed by atoms with Gasteiger partial charge in [-0.3, -0.25) is 9.48 Å². The van der Waals surface area contributed by atoms with Gasteiger partial charge in [0.15, 0.2) is 5.82 Å². The van der Waals surface area contributed by atoms with E-state index in [9.17, 15) is 14.0 Å². The molecule has 2 aromatic heterocycles. The number of aromatic nitrogens is 4. The van der Waals surface area contributed by atoms with Gasteiger partial charge in [0.05, 0.1) is 0 Å². The van der Waals surface area contributed by atoms with Crippen LogP contribution in [0.1, 0.15) is 73.8 Å². The zero-order valence-corrected chi connectivity index (χ0v) is 23.3. The van der Waals surface area contributed by atoms with Crippen molar-refractivity contribution in [1.82, 2.24) is 30.4 Å². The normalized spacial score (nSPS) is 17.5. The van der Waals surface area contributed by atoms with E-state index in [2.05, 4.69) is 25.7 Å². The number of carbonyl (C=O) groups is 2. The summed E-state index contributed by atoms with van der Waals surface area (Å²) in [5.74, 6) is 0.374. The molecular weight excluding hydrogens is 499 g/mol. The van der Waals surface area contributed by atoms with Crippen molar-refractivity contribution in [2.45, 2.75) is 85.0 Å². The Morgan fingerprint density at radius 1 is 1.10 bits per heavy atom. The number of nitrogens with zero attached hydrogens (tertiary/aromatic N) is 4. The Balaban J connectivity index is 1.32. The first-order valence-corrected chi connectivity index (χ1v) is 13.4. The van der Waals surface area contributed by atoms with Crippen molar-refractivity contribution < 1.29 is 18.7 Å². The Kier molecular flexibility index (Phi) is 8.62. The summed E-state index contributed by atoms with van der Waals surface area (Å²) in [6, 6.07) is 8.43. The number of rotatable bonds is 7. The van der Waals surface area contributed by atoms with Gasteiger partial charge in [0, 0.05) is 30.4 Å². The Bertz CT molecular complexity index is 1320. The molecule has 1 saturated carbocycles. The summed E-state index contributed by atoms with van der Waals surface area (Å²) >= 11 is 0. The van der Waals surface area contributed by atoms with Gasteiger partial charge in [0.2, 0.25) is 0 Å². The summed E-state index contributed by atoms with van der Waals surface area (Å²) in [6.45, 7) is 10.1. The standard InChI is InChI=1S/C29H37FN6O3/c1-18-12-21(8-11-24(18)30)15-31-27(37)25-14-22(13-19(2)33-25)26-32-17-36(35-26)16-20-6-9-23(10-7-20)34-28(38)39-29(3,4)5/h8,11-14,17,20,23H,6-7,9-10,15-16H2,1-5H3,(H,31,37)(H,34,38)/t20-,23-. The van der Waals surface area contributed by atoms with Crippen molar-refractivity contribution in [2.75, 3.05) is 0 Å². The lowest BCUT2D eigenvalue weighted by Crippen LogP contribution is -2.41. The second kappa shape index (κ2) is 11.9. The predicted molar refractivity (Wildman–Crippen MR) is 145 cm³/mol. The second-order valence-electron chi connectivity index (χ2n) is 11.3. The van der Waals surface area contributed by atoms with Crippen LogP contribution < -0.4 is 10.6 Å². The van der Waals surface area contributed by atoms with Crippen LogP contribution in [-0.2, 0) is 17.8 Å². The van der Waals surface area contributed by atoms with Gasteiger partial charge >= 0.3 is 6.09 Å². The number of hydrogen-bond donors (Lipinski definition) is 2. The predicted octanol–water partition coefficient (Wildman–Crippen LogP) is 5.11. The average Bonchev–Trinajstić information content (AvgIpc) is 3.33. The van der Waals surface area contributed by atoms with Gasteiger partial charge in [-0.15, -0.1) is 0 Å². The first-order chi connectivity index (χ1) is 18.4. The Labute approximate surface area is 228 Å². The fourth-order valence-electron chi connectivity index (χ4n) is 4.75. The number of benzene rings is 1. The van der Waals surface area contributed by atoms with E-state index in [4.69, 9.17) is 4.74 Å². The number of pyridine rings is 1. The first kappa shape index (κ1) is 28.2. The van der Waals surface area contributed by atoms with Crippen molar-refractivity contribution in [3.8, 4) is 11.4 Å². The topological polar surface area (TPSA) is 111 Å². The van der Waals surface area contributed by atoms with Crippen molar-refractivity contribution in [3.63, 3.8) is 0 Å². The van der Waals surface area contributed by atoms with E-state index in [1.165, 1.54) is 6.07 Å². The van der Waals surface area contributed by atoms with Crippen LogP contribution >= 0.6 is 0 Å². The summed E-state index contributed by atoms with van der Waals surface area (Å²) < 4.78 is 20.7. The van der Waals surface area contributed by atoms with E-state index in [0.29, 0.717) is 28.6 Å². The summed E-state index contributed by atoms with van der Waals surface area (Å²) in [7, 11) is 0. The molecule has 0 bridgehead atoms. The molecule has 1 aliphatic rings. The molecule has 2 heterocycles. The van der Waals surface area contributed by atoms with Crippen molar-refractivity contribution >= 4 is 12.0 Å². The molecule has 0 saturated heterocycles. The van der Waals surface area contributed by atoms with Crippen molar-refractivity contribution in [3.05, 3.63) is 65.0 Å². The van der Waals surface area contributed by atoms with Gasteiger partial charge in [-0.25, -0.2) is 19.2 Å². The third-order valence-electron chi connectivity index (χ3n) is 6.67. The Morgan fingerprint density at radius 3 is 2.54 bits per heavy atom. The Hall–Kier alpha value is -3.82. The molecule has 10 heteroatoms. The van der Waals surface area contributed by atoms with Gasteiger partial charge in [-0.2, -0.15) is 5.10 Å². The molecule has 0 atom stereocenters. The fraction of sp³-hybridized carbons (Fsp3) is 0.483. The van der Waals surface area contributed by atoms with Gasteiger partial charge in [0.1, 0.15) is 23.4 Å². The van der Waals surface area contributed by atoms with E-state index in [1.807, 2.05) is 38.4 Å². The fourth-order valence-corrected chi connectivity index (χ4v) is 4.75. The van der Waals surface area contributed by atoms with Crippen LogP contribution in [0, 0.1) is 25.6 Å². The van der Waals surface area contributed by atoms with Gasteiger partial charge in [0.25, 0.3) is 5.91 Å². The van der Waals surface area contributed by atoms with E-state index in [-0.39, 0.29) is 36.1 Å². The number of amides is 2. The maximum Gasteiger partial charge on any atom is 0.407 e. The van der Waals surface area contributed by atoms with Gasteiger partial charge in [-0.05, 0) is 95.5 Å². The average molecular weight is 537 g/mol. The molecule has 208 valence electrons. The molecule has 39 heavy (non-hydrogen) atoms. The number of aryl methyl sites for hydroxylation is 2. The summed E-state index contributed by atoms with van der Waals surface area (Å²) in [5.41, 5.74) is 2.51. The lowest BCUT2D eigenvalue weighted by atomic mass is 9.86. The van der Waals surface area contributed by atoms with E-state index >= 15 is 0 Å². The maximum absolute atomic E-state index is 13.5. The Morgan fingerprint density at radius 2 is 1.85 bits per heavy atom. The van der Waals surface area contributed by atoms with Crippen LogP contribution in [0.3, 0.4) is 0 Å². The van der Waals surface area contributed by atoms with Crippen LogP contribution in [0.5, 0.6) is 0 Å². The van der Waals surface area contributed by atoms with Crippen molar-refractivity contribution in [2.24, 2.45) is 5.92 Å². The molecule has 9 nitrogen and oxygen atoms in total. The molecule has 1 fully saturated rings. The zero-order chi connectivity index (χ0) is 28.2. The van der Waals surface area contributed by atoms with E-state index in [0.717, 1.165) is 37.8 Å². The smallest absolute Gasteiger partial charge is 0.407 e. The van der Waals surface area contributed by atoms with Gasteiger partial charge in [-0.1, -0.05) is 12.1 Å². The molecule has 1 aromatic carbocycles. The first-order valence-electron chi connectivity index (χ1n) is 13.4. The zero-order valence-electron chi connectivity index (χ0n) is 23.3. The number of carbonyl (C=O) groups excluding carboxylic acids is 2. The largest absolute Gasteiger partial charge is 0.444 e. The SMILES string of the molecule is Cc1cc(-c2ncn(C[C@H]3CC[C@H](NC(=O)OC(C)(C)C)CC3)n2)cc(C(=O)NCc2ccc(F)c(C)c2)n1. The highest BCUT2D eigenvalue weighted by Gasteiger charge is 2.25. The number of hydrogen-bond acceptors (Lipinski definition) is 6. The minimum atomic E-state index is -0.507. The molecule has 0 aliphatic heterocycles. The third kappa shape index (κ3) is 8.08. The molecule has 0 spiro atoms. The molecule has 4 rings (SSSR count). The molecule has 1 aliphatic carbocycles. The minimum Gasteiger partial charge on any atom is -0.444 e. The molecular formula is C29H37FN6O3. The molecule has 2 N–H and O–H groups in total. The van der Waals surface area contributed by atoms with Crippen LogP contribution in [0.25, 0.3) is 11.4 Å². The maximum atomic E-state index is 13.5. The number of nitrogens with one attached hydrogen (secondary N) is 2. The third-order valence-corrected chi connectivity index (χ3v) is 6.67. The summed E-state index contributed by atoms with van der Waals surface area (Å²) in [5, 5.41) is 10.5. The lowest BCUT2D eigenvalue weighted by molar-refractivity contribution is 0.0485. The quantitative estimate of drug-likeness (QED) is 0.434. The number of alkyl carbamates (subject to hydrolysis) is 1. The minimum absolute atomic E-state index is 0.124. The monoisotopic (exact) mass is 536 g/mol. The van der Waals surface area contributed by atoms with E-state index < -0.39 is 5.60 Å². The molecule has 0 radical (unpaired) electrons. The molecule has 3 aromatic rings. The molecule has 0 unspecified atom stereocenters. The number of halogens is 1.